The summed E-state index contributed by atoms with van der Waals surface area (Å²) in [5, 5.41) is 13.3. The van der Waals surface area contributed by atoms with E-state index in [0.29, 0.717) is 0 Å². The van der Waals surface area contributed by atoms with E-state index >= 15 is 0 Å². The van der Waals surface area contributed by atoms with Crippen molar-refractivity contribution >= 4 is 0 Å². The van der Waals surface area contributed by atoms with Crippen molar-refractivity contribution in [1.82, 2.24) is 14.8 Å². The molecular formula is C8H13N3O. The van der Waals surface area contributed by atoms with Crippen LogP contribution in [-0.2, 0) is 12.0 Å². The molecule has 0 amide bonds. The van der Waals surface area contributed by atoms with Gasteiger partial charge in [0.05, 0.1) is 12.0 Å². The lowest BCUT2D eigenvalue weighted by atomic mass is 10.1. The molecule has 0 aromatic carbocycles. The van der Waals surface area contributed by atoms with Gasteiger partial charge in [0, 0.05) is 6.54 Å². The third kappa shape index (κ3) is 0.948. The summed E-state index contributed by atoms with van der Waals surface area (Å²) in [7, 11) is 0. The standard InChI is InChI=1S/C8H13N3O/c1-2-11-7(9-6-10-11)8(5-12)3-4-8/h6,12H,2-5H2,1H3. The van der Waals surface area contributed by atoms with Gasteiger partial charge in [0.2, 0.25) is 0 Å². The smallest absolute Gasteiger partial charge is 0.138 e. The largest absolute Gasteiger partial charge is 0.395 e. The molecule has 0 aliphatic heterocycles. The van der Waals surface area contributed by atoms with Gasteiger partial charge >= 0.3 is 0 Å². The zero-order valence-corrected chi connectivity index (χ0v) is 7.19. The number of hydrogen-bond donors (Lipinski definition) is 1. The zero-order valence-electron chi connectivity index (χ0n) is 7.19. The first-order chi connectivity index (χ1) is 5.82. The van der Waals surface area contributed by atoms with Crippen molar-refractivity contribution in [1.29, 1.82) is 0 Å². The second-order valence-corrected chi connectivity index (χ2v) is 3.34. The van der Waals surface area contributed by atoms with E-state index in [1.54, 1.807) is 6.33 Å². The minimum atomic E-state index is -0.0491. The average molecular weight is 167 g/mol. The highest BCUT2D eigenvalue weighted by Crippen LogP contribution is 2.46. The Bertz CT molecular complexity index is 278. The molecule has 1 saturated carbocycles. The quantitative estimate of drug-likeness (QED) is 0.705. The summed E-state index contributed by atoms with van der Waals surface area (Å²) < 4.78 is 1.86. The highest BCUT2D eigenvalue weighted by molar-refractivity contribution is 5.17. The first-order valence-corrected chi connectivity index (χ1v) is 4.31. The van der Waals surface area contributed by atoms with E-state index in [9.17, 15) is 0 Å². The van der Waals surface area contributed by atoms with Crippen LogP contribution >= 0.6 is 0 Å². The van der Waals surface area contributed by atoms with Crippen LogP contribution in [0, 0.1) is 0 Å². The van der Waals surface area contributed by atoms with Gasteiger partial charge in [-0.3, -0.25) is 0 Å². The summed E-state index contributed by atoms with van der Waals surface area (Å²) in [6.07, 6.45) is 3.65. The summed E-state index contributed by atoms with van der Waals surface area (Å²) in [6, 6.07) is 0. The molecule has 4 nitrogen and oxygen atoms in total. The SMILES string of the molecule is CCn1ncnc1C1(CO)CC1. The highest BCUT2D eigenvalue weighted by Gasteiger charge is 2.47. The van der Waals surface area contributed by atoms with E-state index in [1.165, 1.54) is 0 Å². The van der Waals surface area contributed by atoms with Gasteiger partial charge in [-0.15, -0.1) is 0 Å². The Kier molecular flexibility index (Phi) is 1.65. The minimum absolute atomic E-state index is 0.0491. The summed E-state index contributed by atoms with van der Waals surface area (Å²) in [6.45, 7) is 3.06. The van der Waals surface area contributed by atoms with E-state index < -0.39 is 0 Å². The molecule has 0 unspecified atom stereocenters. The number of aliphatic hydroxyl groups is 1. The summed E-state index contributed by atoms with van der Waals surface area (Å²) in [5.74, 6) is 0.951. The third-order valence-electron chi connectivity index (χ3n) is 2.55. The monoisotopic (exact) mass is 167 g/mol. The van der Waals surface area contributed by atoms with Crippen LogP contribution in [0.5, 0.6) is 0 Å². The topological polar surface area (TPSA) is 50.9 Å². The lowest BCUT2D eigenvalue weighted by molar-refractivity contribution is 0.245. The Morgan fingerprint density at radius 1 is 1.67 bits per heavy atom. The molecule has 2 rings (SSSR count). The lowest BCUT2D eigenvalue weighted by Gasteiger charge is -2.10. The van der Waals surface area contributed by atoms with Crippen LogP contribution in [0.4, 0.5) is 0 Å². The zero-order chi connectivity index (χ0) is 8.60. The second kappa shape index (κ2) is 2.55. The van der Waals surface area contributed by atoms with Gasteiger partial charge in [-0.25, -0.2) is 9.67 Å². The molecular weight excluding hydrogens is 154 g/mol. The molecule has 66 valence electrons. The maximum Gasteiger partial charge on any atom is 0.138 e. The van der Waals surface area contributed by atoms with E-state index in [2.05, 4.69) is 10.1 Å². The van der Waals surface area contributed by atoms with Gasteiger partial charge in [-0.2, -0.15) is 5.10 Å². The molecule has 1 heterocycles. The number of aromatic nitrogens is 3. The number of nitrogens with zero attached hydrogens (tertiary/aromatic N) is 3. The Labute approximate surface area is 71.2 Å². The predicted molar refractivity (Wildman–Crippen MR) is 43.7 cm³/mol. The molecule has 1 aliphatic rings. The summed E-state index contributed by atoms with van der Waals surface area (Å²) in [4.78, 5) is 4.18. The molecule has 1 N–H and O–H groups in total. The Balaban J connectivity index is 2.32. The molecule has 4 heteroatoms. The van der Waals surface area contributed by atoms with E-state index in [0.717, 1.165) is 25.2 Å². The van der Waals surface area contributed by atoms with Gasteiger partial charge in [-0.1, -0.05) is 0 Å². The first-order valence-electron chi connectivity index (χ1n) is 4.31. The van der Waals surface area contributed by atoms with Crippen molar-refractivity contribution in [3.8, 4) is 0 Å². The van der Waals surface area contributed by atoms with E-state index in [1.807, 2.05) is 11.6 Å². The van der Waals surface area contributed by atoms with Crippen molar-refractivity contribution in [3.05, 3.63) is 12.2 Å². The fourth-order valence-electron chi connectivity index (χ4n) is 1.51. The van der Waals surface area contributed by atoms with Crippen molar-refractivity contribution < 1.29 is 5.11 Å². The van der Waals surface area contributed by atoms with Crippen LogP contribution in [0.25, 0.3) is 0 Å². The molecule has 0 saturated heterocycles. The van der Waals surface area contributed by atoms with Crippen LogP contribution in [0.2, 0.25) is 0 Å². The minimum Gasteiger partial charge on any atom is -0.395 e. The molecule has 12 heavy (non-hydrogen) atoms. The molecule has 0 atom stereocenters. The van der Waals surface area contributed by atoms with Crippen molar-refractivity contribution in [2.75, 3.05) is 6.61 Å². The van der Waals surface area contributed by atoms with Crippen LogP contribution in [0.1, 0.15) is 25.6 Å². The van der Waals surface area contributed by atoms with E-state index in [-0.39, 0.29) is 12.0 Å². The maximum absolute atomic E-state index is 9.17. The Morgan fingerprint density at radius 3 is 2.92 bits per heavy atom. The van der Waals surface area contributed by atoms with E-state index in [4.69, 9.17) is 5.11 Å². The molecule has 1 aliphatic carbocycles. The molecule has 0 radical (unpaired) electrons. The van der Waals surface area contributed by atoms with Crippen LogP contribution in [0.15, 0.2) is 6.33 Å². The van der Waals surface area contributed by atoms with Gasteiger partial charge in [-0.05, 0) is 19.8 Å². The fourth-order valence-corrected chi connectivity index (χ4v) is 1.51. The highest BCUT2D eigenvalue weighted by atomic mass is 16.3. The Hall–Kier alpha value is -0.900. The second-order valence-electron chi connectivity index (χ2n) is 3.34. The predicted octanol–water partition coefficient (Wildman–Crippen LogP) is 0.322. The first kappa shape index (κ1) is 7.73. The van der Waals surface area contributed by atoms with Crippen LogP contribution < -0.4 is 0 Å². The molecule has 0 bridgehead atoms. The van der Waals surface area contributed by atoms with Gasteiger partial charge in [0.15, 0.2) is 0 Å². The van der Waals surface area contributed by atoms with Crippen molar-refractivity contribution in [2.24, 2.45) is 0 Å². The van der Waals surface area contributed by atoms with Gasteiger partial charge in [0.1, 0.15) is 12.2 Å². The van der Waals surface area contributed by atoms with Crippen molar-refractivity contribution in [2.45, 2.75) is 31.7 Å². The number of aliphatic hydroxyl groups excluding tert-OH is 1. The van der Waals surface area contributed by atoms with Gasteiger partial charge in [0.25, 0.3) is 0 Å². The molecule has 1 aromatic heterocycles. The Morgan fingerprint density at radius 2 is 2.42 bits per heavy atom. The fraction of sp³-hybridized carbons (Fsp3) is 0.750. The summed E-state index contributed by atoms with van der Waals surface area (Å²) in [5.41, 5.74) is -0.0491. The molecule has 0 spiro atoms. The average Bonchev–Trinajstić information content (AvgIpc) is 2.76. The number of aryl methyl sites for hydroxylation is 1. The van der Waals surface area contributed by atoms with Crippen LogP contribution in [0.3, 0.4) is 0 Å². The van der Waals surface area contributed by atoms with Crippen molar-refractivity contribution in [3.63, 3.8) is 0 Å². The number of hydrogen-bond acceptors (Lipinski definition) is 3. The normalized spacial score (nSPS) is 19.5. The van der Waals surface area contributed by atoms with Gasteiger partial charge < -0.3 is 5.11 Å². The third-order valence-corrected chi connectivity index (χ3v) is 2.55. The number of rotatable bonds is 3. The molecule has 1 fully saturated rings. The van der Waals surface area contributed by atoms with Crippen LogP contribution in [-0.4, -0.2) is 26.5 Å². The lowest BCUT2D eigenvalue weighted by Crippen LogP contribution is -2.19. The summed E-state index contributed by atoms with van der Waals surface area (Å²) >= 11 is 0. The molecule has 1 aromatic rings. The maximum atomic E-state index is 9.17.